The van der Waals surface area contributed by atoms with Crippen molar-refractivity contribution in [3.63, 3.8) is 0 Å². The summed E-state index contributed by atoms with van der Waals surface area (Å²) in [5, 5.41) is 3.62. The lowest BCUT2D eigenvalue weighted by atomic mass is 10.1. The van der Waals surface area contributed by atoms with Crippen LogP contribution < -0.4 is 10.1 Å². The molecule has 7 heteroatoms. The molecule has 0 aliphatic carbocycles. The highest BCUT2D eigenvalue weighted by atomic mass is 32.1. The molecule has 0 saturated carbocycles. The van der Waals surface area contributed by atoms with Gasteiger partial charge in [0.1, 0.15) is 5.75 Å². The van der Waals surface area contributed by atoms with Crippen LogP contribution in [-0.4, -0.2) is 49.2 Å². The molecule has 1 amide bonds. The first-order valence-corrected chi connectivity index (χ1v) is 10.8. The second-order valence-electron chi connectivity index (χ2n) is 7.12. The Morgan fingerprint density at radius 1 is 1.13 bits per heavy atom. The zero-order valence-electron chi connectivity index (χ0n) is 17.0. The lowest BCUT2D eigenvalue weighted by Gasteiger charge is -2.26. The zero-order chi connectivity index (χ0) is 20.8. The largest absolute Gasteiger partial charge is 0.497 e. The molecular formula is C23H25N3O3S. The summed E-state index contributed by atoms with van der Waals surface area (Å²) in [7, 11) is 1.63. The fraction of sp³-hybridized carbons (Fsp3) is 0.304. The summed E-state index contributed by atoms with van der Waals surface area (Å²) in [5.74, 6) is 0.700. The Bertz CT molecular complexity index is 967. The molecule has 156 valence electrons. The number of hydrogen-bond donors (Lipinski definition) is 1. The van der Waals surface area contributed by atoms with E-state index < -0.39 is 0 Å². The van der Waals surface area contributed by atoms with Gasteiger partial charge in [-0.1, -0.05) is 53.8 Å². The lowest BCUT2D eigenvalue weighted by molar-refractivity contribution is -0.115. The molecule has 0 atom stereocenters. The third kappa shape index (κ3) is 5.24. The molecule has 0 spiro atoms. The van der Waals surface area contributed by atoms with Crippen LogP contribution >= 0.6 is 11.3 Å². The molecular weight excluding hydrogens is 398 g/mol. The average molecular weight is 424 g/mol. The minimum Gasteiger partial charge on any atom is -0.497 e. The number of anilines is 1. The number of rotatable bonds is 7. The molecule has 1 aliphatic heterocycles. The van der Waals surface area contributed by atoms with E-state index in [9.17, 15) is 4.79 Å². The molecule has 1 saturated heterocycles. The fourth-order valence-electron chi connectivity index (χ4n) is 3.39. The minimum atomic E-state index is -0.0774. The van der Waals surface area contributed by atoms with Crippen LogP contribution in [0.25, 0.3) is 11.3 Å². The highest BCUT2D eigenvalue weighted by molar-refractivity contribution is 7.16. The van der Waals surface area contributed by atoms with Crippen molar-refractivity contribution in [1.29, 1.82) is 0 Å². The van der Waals surface area contributed by atoms with Crippen LogP contribution in [0.4, 0.5) is 5.13 Å². The van der Waals surface area contributed by atoms with Gasteiger partial charge in [0.2, 0.25) is 5.91 Å². The van der Waals surface area contributed by atoms with Crippen LogP contribution in [-0.2, 0) is 22.5 Å². The predicted octanol–water partition coefficient (Wildman–Crippen LogP) is 3.83. The number of carbonyl (C=O) groups excluding carboxylic acids is 1. The average Bonchev–Trinajstić information content (AvgIpc) is 3.17. The van der Waals surface area contributed by atoms with Crippen molar-refractivity contribution in [2.45, 2.75) is 13.0 Å². The molecule has 4 rings (SSSR count). The normalized spacial score (nSPS) is 14.4. The molecule has 2 aromatic carbocycles. The van der Waals surface area contributed by atoms with Gasteiger partial charge in [0.15, 0.2) is 5.13 Å². The van der Waals surface area contributed by atoms with Gasteiger partial charge in [-0.2, -0.15) is 0 Å². The number of thiazole rings is 1. The van der Waals surface area contributed by atoms with Crippen molar-refractivity contribution >= 4 is 22.4 Å². The third-order valence-corrected chi connectivity index (χ3v) is 5.94. The zero-order valence-corrected chi connectivity index (χ0v) is 17.8. The van der Waals surface area contributed by atoms with Gasteiger partial charge in [-0.15, -0.1) is 0 Å². The standard InChI is InChI=1S/C23H25N3O3S/c1-28-19-9-7-17(8-10-19)15-21(27)24-23-25-22(18-5-3-2-4-6-18)20(30-23)16-26-11-13-29-14-12-26/h2-10H,11-16H2,1H3,(H,24,25,27). The minimum absolute atomic E-state index is 0.0774. The number of methoxy groups -OCH3 is 1. The Morgan fingerprint density at radius 2 is 1.87 bits per heavy atom. The van der Waals surface area contributed by atoms with E-state index >= 15 is 0 Å². The van der Waals surface area contributed by atoms with Crippen LogP contribution in [0.1, 0.15) is 10.4 Å². The molecule has 1 fully saturated rings. The summed E-state index contributed by atoms with van der Waals surface area (Å²) in [4.78, 5) is 20.9. The molecule has 1 aromatic heterocycles. The SMILES string of the molecule is COc1ccc(CC(=O)Nc2nc(-c3ccccc3)c(CN3CCOCC3)s2)cc1. The summed E-state index contributed by atoms with van der Waals surface area (Å²) in [6, 6.07) is 17.7. The van der Waals surface area contributed by atoms with Gasteiger partial charge in [-0.05, 0) is 17.7 Å². The smallest absolute Gasteiger partial charge is 0.230 e. The molecule has 0 radical (unpaired) electrons. The molecule has 2 heterocycles. The second kappa shape index (κ2) is 9.84. The van der Waals surface area contributed by atoms with Gasteiger partial charge in [0.05, 0.1) is 32.4 Å². The number of aromatic nitrogens is 1. The van der Waals surface area contributed by atoms with E-state index in [1.807, 2.05) is 42.5 Å². The Kier molecular flexibility index (Phi) is 6.74. The van der Waals surface area contributed by atoms with Crippen LogP contribution in [0, 0.1) is 0 Å². The van der Waals surface area contributed by atoms with Gasteiger partial charge >= 0.3 is 0 Å². The van der Waals surface area contributed by atoms with Crippen molar-refractivity contribution in [1.82, 2.24) is 9.88 Å². The third-order valence-electron chi connectivity index (χ3n) is 4.99. The van der Waals surface area contributed by atoms with Gasteiger partial charge in [0, 0.05) is 30.1 Å². The number of benzene rings is 2. The molecule has 3 aromatic rings. The number of hydrogen-bond acceptors (Lipinski definition) is 6. The number of ether oxygens (including phenoxy) is 2. The van der Waals surface area contributed by atoms with Gasteiger partial charge in [-0.25, -0.2) is 4.98 Å². The van der Waals surface area contributed by atoms with Gasteiger partial charge in [-0.3, -0.25) is 9.69 Å². The number of nitrogens with zero attached hydrogens (tertiary/aromatic N) is 2. The van der Waals surface area contributed by atoms with E-state index in [0.717, 1.165) is 60.3 Å². The Morgan fingerprint density at radius 3 is 2.57 bits per heavy atom. The van der Waals surface area contributed by atoms with Crippen molar-refractivity contribution in [2.75, 3.05) is 38.7 Å². The Balaban J connectivity index is 1.50. The molecule has 1 aliphatic rings. The van der Waals surface area contributed by atoms with Crippen LogP contribution in [0.5, 0.6) is 5.75 Å². The van der Waals surface area contributed by atoms with E-state index in [1.165, 1.54) is 0 Å². The maximum Gasteiger partial charge on any atom is 0.230 e. The summed E-state index contributed by atoms with van der Waals surface area (Å²) in [6.45, 7) is 4.13. The second-order valence-corrected chi connectivity index (χ2v) is 8.20. The maximum absolute atomic E-state index is 12.6. The number of carbonyl (C=O) groups is 1. The highest BCUT2D eigenvalue weighted by Crippen LogP contribution is 2.32. The van der Waals surface area contributed by atoms with Crippen LogP contribution in [0.3, 0.4) is 0 Å². The van der Waals surface area contributed by atoms with E-state index in [-0.39, 0.29) is 5.91 Å². The number of morpholine rings is 1. The molecule has 1 N–H and O–H groups in total. The Labute approximate surface area is 180 Å². The lowest BCUT2D eigenvalue weighted by Crippen LogP contribution is -2.35. The van der Waals surface area contributed by atoms with Crippen LogP contribution in [0.2, 0.25) is 0 Å². The van der Waals surface area contributed by atoms with E-state index in [1.54, 1.807) is 18.4 Å². The van der Waals surface area contributed by atoms with Gasteiger partial charge < -0.3 is 14.8 Å². The quantitative estimate of drug-likeness (QED) is 0.626. The summed E-state index contributed by atoms with van der Waals surface area (Å²) < 4.78 is 10.6. The molecule has 6 nitrogen and oxygen atoms in total. The van der Waals surface area contributed by atoms with E-state index in [2.05, 4.69) is 22.3 Å². The van der Waals surface area contributed by atoms with E-state index in [4.69, 9.17) is 14.5 Å². The topological polar surface area (TPSA) is 63.7 Å². The summed E-state index contributed by atoms with van der Waals surface area (Å²) in [5.41, 5.74) is 2.93. The Hall–Kier alpha value is -2.74. The van der Waals surface area contributed by atoms with E-state index in [0.29, 0.717) is 11.6 Å². The van der Waals surface area contributed by atoms with Gasteiger partial charge in [0.25, 0.3) is 0 Å². The van der Waals surface area contributed by atoms with Crippen molar-refractivity contribution in [2.24, 2.45) is 0 Å². The first kappa shape index (κ1) is 20.5. The highest BCUT2D eigenvalue weighted by Gasteiger charge is 2.19. The number of amides is 1. The van der Waals surface area contributed by atoms with Crippen molar-refractivity contribution < 1.29 is 14.3 Å². The molecule has 0 unspecified atom stereocenters. The first-order chi connectivity index (χ1) is 14.7. The molecule has 0 bridgehead atoms. The summed E-state index contributed by atoms with van der Waals surface area (Å²) >= 11 is 1.55. The van der Waals surface area contributed by atoms with Crippen molar-refractivity contribution in [3.05, 3.63) is 65.0 Å². The maximum atomic E-state index is 12.6. The monoisotopic (exact) mass is 423 g/mol. The van der Waals surface area contributed by atoms with Crippen LogP contribution in [0.15, 0.2) is 54.6 Å². The summed E-state index contributed by atoms with van der Waals surface area (Å²) in [6.07, 6.45) is 0.295. The molecule has 30 heavy (non-hydrogen) atoms. The fourth-order valence-corrected chi connectivity index (χ4v) is 4.43. The predicted molar refractivity (Wildman–Crippen MR) is 119 cm³/mol. The number of nitrogens with one attached hydrogen (secondary N) is 1. The van der Waals surface area contributed by atoms with Crippen molar-refractivity contribution in [3.8, 4) is 17.0 Å². The first-order valence-electron chi connectivity index (χ1n) is 9.99.